The Bertz CT molecular complexity index is 790. The first-order valence-corrected chi connectivity index (χ1v) is 9.85. The fraction of sp³-hybridized carbons (Fsp3) is 0.391. The maximum atomic E-state index is 12.5. The van der Waals surface area contributed by atoms with Gasteiger partial charge in [-0.2, -0.15) is 0 Å². The Morgan fingerprint density at radius 1 is 0.889 bits per heavy atom. The second kappa shape index (κ2) is 8.85. The summed E-state index contributed by atoms with van der Waals surface area (Å²) in [6, 6.07) is 15.0. The molecule has 3 rings (SSSR count). The standard InChI is InChI=1S/C23H28N2O2/c1-16(2)17-11-13-19(14-12-17)23(27)25-21-10-6-9-20(15-21)24-22(26)18-7-4-3-5-8-18/h6,9-16,18H,3-5,7-8H2,1-2H3,(H,24,26)(H,25,27). The first-order chi connectivity index (χ1) is 13.0. The van der Waals surface area contributed by atoms with Crippen molar-refractivity contribution in [2.75, 3.05) is 10.6 Å². The van der Waals surface area contributed by atoms with Gasteiger partial charge in [0.2, 0.25) is 5.91 Å². The van der Waals surface area contributed by atoms with Crippen molar-refractivity contribution in [3.8, 4) is 0 Å². The minimum atomic E-state index is -0.152. The average molecular weight is 364 g/mol. The number of nitrogens with one attached hydrogen (secondary N) is 2. The molecule has 27 heavy (non-hydrogen) atoms. The molecule has 0 radical (unpaired) electrons. The van der Waals surface area contributed by atoms with Crippen molar-refractivity contribution >= 4 is 23.2 Å². The van der Waals surface area contributed by atoms with E-state index in [1.165, 1.54) is 12.0 Å². The molecule has 1 aliphatic rings. The van der Waals surface area contributed by atoms with E-state index in [-0.39, 0.29) is 17.7 Å². The molecule has 0 saturated heterocycles. The van der Waals surface area contributed by atoms with Gasteiger partial charge < -0.3 is 10.6 Å². The topological polar surface area (TPSA) is 58.2 Å². The molecule has 4 heteroatoms. The van der Waals surface area contributed by atoms with Crippen molar-refractivity contribution in [2.45, 2.75) is 51.9 Å². The number of carbonyl (C=O) groups is 2. The minimum absolute atomic E-state index is 0.0856. The van der Waals surface area contributed by atoms with Crippen LogP contribution in [-0.2, 0) is 4.79 Å². The first kappa shape index (κ1) is 19.2. The molecule has 0 atom stereocenters. The molecule has 0 unspecified atom stereocenters. The summed E-state index contributed by atoms with van der Waals surface area (Å²) in [5, 5.41) is 5.90. The molecule has 0 spiro atoms. The molecule has 2 aromatic rings. The molecule has 142 valence electrons. The van der Waals surface area contributed by atoms with Gasteiger partial charge in [-0.25, -0.2) is 0 Å². The second-order valence-corrected chi connectivity index (χ2v) is 7.64. The Labute approximate surface area is 161 Å². The molecule has 0 heterocycles. The zero-order valence-electron chi connectivity index (χ0n) is 16.1. The molecule has 4 nitrogen and oxygen atoms in total. The lowest BCUT2D eigenvalue weighted by atomic mass is 9.88. The number of rotatable bonds is 5. The van der Waals surface area contributed by atoms with Crippen LogP contribution in [0, 0.1) is 5.92 Å². The smallest absolute Gasteiger partial charge is 0.255 e. The molecule has 0 bridgehead atoms. The molecular formula is C23H28N2O2. The minimum Gasteiger partial charge on any atom is -0.326 e. The largest absolute Gasteiger partial charge is 0.326 e. The van der Waals surface area contributed by atoms with E-state index in [9.17, 15) is 9.59 Å². The van der Waals surface area contributed by atoms with Crippen LogP contribution in [0.5, 0.6) is 0 Å². The highest BCUT2D eigenvalue weighted by atomic mass is 16.2. The van der Waals surface area contributed by atoms with Crippen LogP contribution >= 0.6 is 0 Å². The lowest BCUT2D eigenvalue weighted by Crippen LogP contribution is -2.24. The third-order valence-corrected chi connectivity index (χ3v) is 5.20. The number of amides is 2. The SMILES string of the molecule is CC(C)c1ccc(C(=O)Nc2cccc(NC(=O)C3CCCCC3)c2)cc1. The van der Waals surface area contributed by atoms with Crippen molar-refractivity contribution < 1.29 is 9.59 Å². The Hall–Kier alpha value is -2.62. The maximum Gasteiger partial charge on any atom is 0.255 e. The Balaban J connectivity index is 1.62. The quantitative estimate of drug-likeness (QED) is 0.727. The summed E-state index contributed by atoms with van der Waals surface area (Å²) in [4.78, 5) is 24.9. The lowest BCUT2D eigenvalue weighted by molar-refractivity contribution is -0.120. The molecular weight excluding hydrogens is 336 g/mol. The molecule has 1 fully saturated rings. The first-order valence-electron chi connectivity index (χ1n) is 9.85. The summed E-state index contributed by atoms with van der Waals surface area (Å²) in [7, 11) is 0. The van der Waals surface area contributed by atoms with Crippen molar-refractivity contribution in [1.82, 2.24) is 0 Å². The Morgan fingerprint density at radius 2 is 1.52 bits per heavy atom. The number of benzene rings is 2. The molecule has 0 aromatic heterocycles. The van der Waals surface area contributed by atoms with Crippen LogP contribution in [0.3, 0.4) is 0 Å². The molecule has 2 amide bonds. The van der Waals surface area contributed by atoms with Gasteiger partial charge in [-0.15, -0.1) is 0 Å². The molecule has 1 saturated carbocycles. The molecule has 2 N–H and O–H groups in total. The normalized spacial score (nSPS) is 14.8. The predicted molar refractivity (Wildman–Crippen MR) is 110 cm³/mol. The van der Waals surface area contributed by atoms with Crippen LogP contribution < -0.4 is 10.6 Å². The van der Waals surface area contributed by atoms with E-state index in [0.29, 0.717) is 17.2 Å². The van der Waals surface area contributed by atoms with Gasteiger partial charge in [0.25, 0.3) is 5.91 Å². The van der Waals surface area contributed by atoms with Crippen LogP contribution in [0.4, 0.5) is 11.4 Å². The van der Waals surface area contributed by atoms with Gasteiger partial charge in [0.15, 0.2) is 0 Å². The summed E-state index contributed by atoms with van der Waals surface area (Å²) in [6.07, 6.45) is 5.42. The highest BCUT2D eigenvalue weighted by Crippen LogP contribution is 2.25. The Kier molecular flexibility index (Phi) is 6.28. The highest BCUT2D eigenvalue weighted by molar-refractivity contribution is 6.04. The van der Waals surface area contributed by atoms with Gasteiger partial charge in [0.1, 0.15) is 0 Å². The lowest BCUT2D eigenvalue weighted by Gasteiger charge is -2.20. The van der Waals surface area contributed by atoms with E-state index in [1.54, 1.807) is 6.07 Å². The van der Waals surface area contributed by atoms with Crippen LogP contribution in [0.1, 0.15) is 67.8 Å². The van der Waals surface area contributed by atoms with Crippen molar-refractivity contribution in [1.29, 1.82) is 0 Å². The number of hydrogen-bond donors (Lipinski definition) is 2. The summed E-state index contributed by atoms with van der Waals surface area (Å²) < 4.78 is 0. The molecule has 1 aliphatic carbocycles. The van der Waals surface area contributed by atoms with E-state index >= 15 is 0 Å². The van der Waals surface area contributed by atoms with Crippen molar-refractivity contribution in [2.24, 2.45) is 5.92 Å². The van der Waals surface area contributed by atoms with Crippen molar-refractivity contribution in [3.05, 3.63) is 59.7 Å². The van der Waals surface area contributed by atoms with Crippen LogP contribution in [0.15, 0.2) is 48.5 Å². The van der Waals surface area contributed by atoms with Gasteiger partial charge in [0, 0.05) is 22.9 Å². The fourth-order valence-electron chi connectivity index (χ4n) is 3.51. The van der Waals surface area contributed by atoms with Crippen LogP contribution in [-0.4, -0.2) is 11.8 Å². The summed E-state index contributed by atoms with van der Waals surface area (Å²) >= 11 is 0. The van der Waals surface area contributed by atoms with Gasteiger partial charge in [-0.1, -0.05) is 51.3 Å². The zero-order valence-corrected chi connectivity index (χ0v) is 16.1. The van der Waals surface area contributed by atoms with Gasteiger partial charge in [-0.3, -0.25) is 9.59 Å². The summed E-state index contributed by atoms with van der Waals surface area (Å²) in [5.74, 6) is 0.478. The monoisotopic (exact) mass is 364 g/mol. The van der Waals surface area contributed by atoms with Crippen LogP contribution in [0.25, 0.3) is 0 Å². The third-order valence-electron chi connectivity index (χ3n) is 5.20. The molecule has 2 aromatic carbocycles. The van der Waals surface area contributed by atoms with E-state index in [0.717, 1.165) is 31.4 Å². The second-order valence-electron chi connectivity index (χ2n) is 7.64. The van der Waals surface area contributed by atoms with Crippen molar-refractivity contribution in [3.63, 3.8) is 0 Å². The summed E-state index contributed by atoms with van der Waals surface area (Å²) in [5.41, 5.74) is 3.22. The van der Waals surface area contributed by atoms with E-state index in [2.05, 4.69) is 24.5 Å². The van der Waals surface area contributed by atoms with Gasteiger partial charge >= 0.3 is 0 Å². The van der Waals surface area contributed by atoms with E-state index in [1.807, 2.05) is 42.5 Å². The number of anilines is 2. The van der Waals surface area contributed by atoms with Gasteiger partial charge in [0.05, 0.1) is 0 Å². The zero-order chi connectivity index (χ0) is 19.2. The third kappa shape index (κ3) is 5.19. The average Bonchev–Trinajstić information content (AvgIpc) is 2.69. The fourth-order valence-corrected chi connectivity index (χ4v) is 3.51. The van der Waals surface area contributed by atoms with Crippen LogP contribution in [0.2, 0.25) is 0 Å². The van der Waals surface area contributed by atoms with E-state index in [4.69, 9.17) is 0 Å². The van der Waals surface area contributed by atoms with E-state index < -0.39 is 0 Å². The Morgan fingerprint density at radius 3 is 2.15 bits per heavy atom. The molecule has 0 aliphatic heterocycles. The number of carbonyl (C=O) groups excluding carboxylic acids is 2. The highest BCUT2D eigenvalue weighted by Gasteiger charge is 2.21. The number of hydrogen-bond acceptors (Lipinski definition) is 2. The maximum absolute atomic E-state index is 12.5. The van der Waals surface area contributed by atoms with Gasteiger partial charge in [-0.05, 0) is 54.7 Å². The summed E-state index contributed by atoms with van der Waals surface area (Å²) in [6.45, 7) is 4.25. The predicted octanol–water partition coefficient (Wildman–Crippen LogP) is 5.58.